The van der Waals surface area contributed by atoms with Gasteiger partial charge in [0.25, 0.3) is 0 Å². The highest BCUT2D eigenvalue weighted by Crippen LogP contribution is 2.19. The van der Waals surface area contributed by atoms with Gasteiger partial charge in [0, 0.05) is 11.2 Å². The Morgan fingerprint density at radius 1 is 0.750 bits per heavy atom. The van der Waals surface area contributed by atoms with Crippen molar-refractivity contribution in [3.63, 3.8) is 0 Å². The molecule has 0 heterocycles. The van der Waals surface area contributed by atoms with E-state index in [-0.39, 0.29) is 0 Å². The standard InChI is InChI=1S/C12H10OS.2CHNO/c13-14(11-7-3-1-4-8-11)12-9-5-2-6-10-12;2*2-1-3/h1-10H;2*2H. The van der Waals surface area contributed by atoms with E-state index < -0.39 is 11.2 Å². The summed E-state index contributed by atoms with van der Waals surface area (Å²) in [7, 11) is 0. The largest absolute Gasteiger partial charge is 0.606 e. The minimum Gasteiger partial charge on any atom is -0.606 e. The van der Waals surface area contributed by atoms with E-state index in [1.807, 2.05) is 60.7 Å². The minimum absolute atomic E-state index is 0.750. The van der Waals surface area contributed by atoms with E-state index in [9.17, 15) is 4.55 Å². The summed E-state index contributed by atoms with van der Waals surface area (Å²) in [5, 5.41) is 10.8. The number of rotatable bonds is 2. The zero-order valence-corrected chi connectivity index (χ0v) is 11.2. The maximum absolute atomic E-state index is 12.0. The van der Waals surface area contributed by atoms with Crippen molar-refractivity contribution in [3.05, 3.63) is 60.7 Å². The normalized spacial score (nSPS) is 8.10. The van der Waals surface area contributed by atoms with E-state index >= 15 is 0 Å². The summed E-state index contributed by atoms with van der Waals surface area (Å²) < 4.78 is 12.0. The van der Waals surface area contributed by atoms with Crippen molar-refractivity contribution >= 4 is 23.3 Å². The number of hydrogen-bond acceptors (Lipinski definition) is 5. The summed E-state index contributed by atoms with van der Waals surface area (Å²) >= 11 is -1.05. The van der Waals surface area contributed by atoms with Crippen molar-refractivity contribution in [2.75, 3.05) is 0 Å². The number of nitrogens with one attached hydrogen (secondary N) is 2. The van der Waals surface area contributed by atoms with Gasteiger partial charge in [-0.1, -0.05) is 36.4 Å². The monoisotopic (exact) mass is 288 g/mol. The highest BCUT2D eigenvalue weighted by molar-refractivity contribution is 7.91. The van der Waals surface area contributed by atoms with E-state index in [1.165, 1.54) is 0 Å². The molecule has 0 fully saturated rings. The van der Waals surface area contributed by atoms with Crippen LogP contribution >= 0.6 is 0 Å². The van der Waals surface area contributed by atoms with Crippen LogP contribution < -0.4 is 0 Å². The Morgan fingerprint density at radius 3 is 1.25 bits per heavy atom. The third-order valence-electron chi connectivity index (χ3n) is 1.91. The molecule has 5 nitrogen and oxygen atoms in total. The molecule has 0 atom stereocenters. The van der Waals surface area contributed by atoms with E-state index in [0.717, 1.165) is 22.0 Å². The quantitative estimate of drug-likeness (QED) is 0.504. The fourth-order valence-electron chi connectivity index (χ4n) is 1.22. The number of benzene rings is 2. The SMILES string of the molecule is N=C=O.N=C=O.[O-][S+](c1ccccc1)c1ccccc1. The van der Waals surface area contributed by atoms with Crippen LogP contribution in [0.15, 0.2) is 70.5 Å². The molecule has 2 N–H and O–H groups in total. The van der Waals surface area contributed by atoms with Crippen LogP contribution in [0.2, 0.25) is 0 Å². The molecule has 0 aliphatic rings. The van der Waals surface area contributed by atoms with Crippen LogP contribution in [0.1, 0.15) is 0 Å². The third-order valence-corrected chi connectivity index (χ3v) is 3.32. The number of hydrogen-bond donors (Lipinski definition) is 2. The summed E-state index contributed by atoms with van der Waals surface area (Å²) in [4.78, 5) is 18.4. The maximum atomic E-state index is 12.0. The number of isocyanates is 2. The Hall–Kier alpha value is -2.49. The minimum atomic E-state index is -1.05. The summed E-state index contributed by atoms with van der Waals surface area (Å²) in [5.74, 6) is 0. The molecular weight excluding hydrogens is 276 g/mol. The first-order chi connectivity index (χ1) is 9.71. The molecule has 6 heteroatoms. The average molecular weight is 288 g/mol. The van der Waals surface area contributed by atoms with Crippen LogP contribution in [0.5, 0.6) is 0 Å². The molecule has 0 radical (unpaired) electrons. The van der Waals surface area contributed by atoms with Gasteiger partial charge in [-0.05, 0) is 24.3 Å². The van der Waals surface area contributed by atoms with Crippen LogP contribution in [-0.4, -0.2) is 16.7 Å². The molecule has 0 aliphatic carbocycles. The lowest BCUT2D eigenvalue weighted by atomic mass is 10.4. The van der Waals surface area contributed by atoms with Gasteiger partial charge in [0.2, 0.25) is 12.2 Å². The van der Waals surface area contributed by atoms with Gasteiger partial charge in [0.15, 0.2) is 9.79 Å². The van der Waals surface area contributed by atoms with Crippen molar-refractivity contribution in [2.24, 2.45) is 0 Å². The van der Waals surface area contributed by atoms with E-state index in [0.29, 0.717) is 0 Å². The lowest BCUT2D eigenvalue weighted by molar-refractivity contribution is 0.562. The van der Waals surface area contributed by atoms with Gasteiger partial charge in [-0.15, -0.1) is 0 Å². The van der Waals surface area contributed by atoms with Gasteiger partial charge >= 0.3 is 0 Å². The fraction of sp³-hybridized carbons (Fsp3) is 0. The third kappa shape index (κ3) is 7.06. The van der Waals surface area contributed by atoms with Crippen LogP contribution in [0.3, 0.4) is 0 Å². The smallest absolute Gasteiger partial charge is 0.231 e. The van der Waals surface area contributed by atoms with Crippen molar-refractivity contribution in [2.45, 2.75) is 9.79 Å². The molecule has 0 aliphatic heterocycles. The van der Waals surface area contributed by atoms with Gasteiger partial charge in [-0.2, -0.15) is 0 Å². The van der Waals surface area contributed by atoms with Crippen LogP contribution in [0.4, 0.5) is 0 Å². The highest BCUT2D eigenvalue weighted by Gasteiger charge is 2.12. The summed E-state index contributed by atoms with van der Waals surface area (Å²) in [6.45, 7) is 0. The molecule has 0 unspecified atom stereocenters. The first-order valence-corrected chi connectivity index (χ1v) is 6.45. The summed E-state index contributed by atoms with van der Waals surface area (Å²) in [6, 6.07) is 19.0. The Labute approximate surface area is 119 Å². The molecule has 0 saturated heterocycles. The molecule has 0 bridgehead atoms. The molecular formula is C14H12N2O3S. The van der Waals surface area contributed by atoms with Crippen LogP contribution in [0.25, 0.3) is 0 Å². The Morgan fingerprint density at radius 2 is 1.00 bits per heavy atom. The Kier molecular flexibility index (Phi) is 10.1. The second kappa shape index (κ2) is 11.6. The fourth-order valence-corrected chi connectivity index (χ4v) is 2.31. The lowest BCUT2D eigenvalue weighted by Gasteiger charge is -2.08. The molecule has 2 aromatic carbocycles. The Bertz CT molecular complexity index is 498. The van der Waals surface area contributed by atoms with E-state index in [2.05, 4.69) is 0 Å². The number of carbonyl (C=O) groups excluding carboxylic acids is 2. The first-order valence-electron chi connectivity index (χ1n) is 5.30. The van der Waals surface area contributed by atoms with Crippen LogP contribution in [0, 0.1) is 10.8 Å². The summed E-state index contributed by atoms with van der Waals surface area (Å²) in [6.07, 6.45) is 1.50. The zero-order valence-electron chi connectivity index (χ0n) is 10.4. The maximum Gasteiger partial charge on any atom is 0.231 e. The van der Waals surface area contributed by atoms with Gasteiger partial charge in [0.05, 0.1) is 0 Å². The molecule has 2 aromatic rings. The molecule has 20 heavy (non-hydrogen) atoms. The second-order valence-electron chi connectivity index (χ2n) is 3.10. The van der Waals surface area contributed by atoms with Crippen molar-refractivity contribution in [1.29, 1.82) is 10.8 Å². The molecule has 0 aromatic heterocycles. The van der Waals surface area contributed by atoms with Crippen molar-refractivity contribution < 1.29 is 14.1 Å². The van der Waals surface area contributed by atoms with Gasteiger partial charge < -0.3 is 4.55 Å². The average Bonchev–Trinajstić information content (AvgIpc) is 2.50. The zero-order chi connectivity index (χ0) is 15.2. The predicted molar refractivity (Wildman–Crippen MR) is 74.4 cm³/mol. The lowest BCUT2D eigenvalue weighted by Crippen LogP contribution is -2.00. The van der Waals surface area contributed by atoms with E-state index in [4.69, 9.17) is 20.4 Å². The first kappa shape index (κ1) is 17.5. The van der Waals surface area contributed by atoms with Crippen LogP contribution in [-0.2, 0) is 20.8 Å². The Balaban J connectivity index is 0.000000520. The molecule has 2 rings (SSSR count). The van der Waals surface area contributed by atoms with Gasteiger partial charge in [0.1, 0.15) is 0 Å². The predicted octanol–water partition coefficient (Wildman–Crippen LogP) is 2.66. The molecule has 0 spiro atoms. The molecule has 102 valence electrons. The van der Waals surface area contributed by atoms with Crippen molar-refractivity contribution in [3.8, 4) is 0 Å². The van der Waals surface area contributed by atoms with Gasteiger partial charge in [-0.3, -0.25) is 0 Å². The topological polar surface area (TPSA) is 105 Å². The highest BCUT2D eigenvalue weighted by atomic mass is 32.2. The van der Waals surface area contributed by atoms with E-state index in [1.54, 1.807) is 0 Å². The van der Waals surface area contributed by atoms with Gasteiger partial charge in [-0.25, -0.2) is 20.4 Å². The molecule has 0 saturated carbocycles. The van der Waals surface area contributed by atoms with Crippen molar-refractivity contribution in [1.82, 2.24) is 0 Å². The summed E-state index contributed by atoms with van der Waals surface area (Å²) in [5.41, 5.74) is 0. The second-order valence-corrected chi connectivity index (χ2v) is 4.58. The molecule has 0 amide bonds.